The third-order valence-electron chi connectivity index (χ3n) is 15.1. The number of hydrogen-bond donors (Lipinski definition) is 2. The summed E-state index contributed by atoms with van der Waals surface area (Å²) in [6.45, 7) is 8.13. The molecule has 16 nitrogen and oxygen atoms in total. The largest absolute Gasteiger partial charge is 0.439 e. The first-order valence-electron chi connectivity index (χ1n) is 24.9. The highest BCUT2D eigenvalue weighted by molar-refractivity contribution is 6.40. The summed E-state index contributed by atoms with van der Waals surface area (Å²) in [6, 6.07) is 25.1. The number of aromatic nitrogens is 6. The molecule has 0 radical (unpaired) electrons. The lowest BCUT2D eigenvalue weighted by Gasteiger charge is -2.38. The molecule has 2 saturated carbocycles. The van der Waals surface area contributed by atoms with Crippen molar-refractivity contribution in [1.82, 2.24) is 30.6 Å². The highest BCUT2D eigenvalue weighted by Gasteiger charge is 2.47. The number of halogens is 4. The van der Waals surface area contributed by atoms with Gasteiger partial charge in [0.05, 0.1) is 45.5 Å². The van der Waals surface area contributed by atoms with E-state index in [4.69, 9.17) is 64.9 Å². The van der Waals surface area contributed by atoms with E-state index in [9.17, 15) is 9.59 Å². The van der Waals surface area contributed by atoms with Crippen molar-refractivity contribution in [3.63, 3.8) is 0 Å². The summed E-state index contributed by atoms with van der Waals surface area (Å²) in [6.07, 6.45) is 4.35. The molecule has 20 heteroatoms. The van der Waals surface area contributed by atoms with Crippen molar-refractivity contribution < 1.29 is 27.6 Å². The summed E-state index contributed by atoms with van der Waals surface area (Å²) in [4.78, 5) is 32.9. The Kier molecular flexibility index (Phi) is 13.3. The molecule has 0 bridgehead atoms. The summed E-state index contributed by atoms with van der Waals surface area (Å²) < 4.78 is 35.4. The number of anilines is 2. The molecule has 8 aromatic rings. The molecule has 2 aliphatic heterocycles. The molecule has 382 valence electrons. The van der Waals surface area contributed by atoms with Crippen LogP contribution in [0.4, 0.5) is 11.4 Å². The van der Waals surface area contributed by atoms with Crippen molar-refractivity contribution in [3.05, 3.63) is 148 Å². The Morgan fingerprint density at radius 1 is 0.581 bits per heavy atom. The summed E-state index contributed by atoms with van der Waals surface area (Å²) in [5.41, 5.74) is 8.67. The fourth-order valence-electron chi connectivity index (χ4n) is 10.9. The van der Waals surface area contributed by atoms with E-state index in [1.807, 2.05) is 60.7 Å². The van der Waals surface area contributed by atoms with Crippen LogP contribution < -0.4 is 21.3 Å². The van der Waals surface area contributed by atoms with Crippen LogP contribution in [0, 0.1) is 11.8 Å². The zero-order valence-electron chi connectivity index (χ0n) is 40.3. The predicted molar refractivity (Wildman–Crippen MR) is 280 cm³/mol. The monoisotopic (exact) mass is 1080 g/mol. The Bertz CT molecular complexity index is 3430. The molecule has 6 atom stereocenters. The molecule has 2 aliphatic carbocycles. The lowest BCUT2D eigenvalue weighted by molar-refractivity contribution is -0.00540. The normalized spacial score (nSPS) is 21.9. The van der Waals surface area contributed by atoms with Gasteiger partial charge in [-0.1, -0.05) is 93.0 Å². The number of nitrogens with one attached hydrogen (secondary N) is 2. The van der Waals surface area contributed by atoms with E-state index in [0.29, 0.717) is 66.6 Å². The Balaban J connectivity index is 0.752. The number of rotatable bonds is 15. The zero-order valence-corrected chi connectivity index (χ0v) is 43.3. The summed E-state index contributed by atoms with van der Waals surface area (Å²) in [7, 11) is 0. The molecule has 2 saturated heterocycles. The van der Waals surface area contributed by atoms with Gasteiger partial charge in [0.25, 0.3) is 0 Å². The van der Waals surface area contributed by atoms with Crippen molar-refractivity contribution >= 4 is 57.8 Å². The molecule has 74 heavy (non-hydrogen) atoms. The minimum absolute atomic E-state index is 0.00246. The van der Waals surface area contributed by atoms with Crippen molar-refractivity contribution in [2.24, 2.45) is 11.8 Å². The second-order valence-corrected chi connectivity index (χ2v) is 21.6. The van der Waals surface area contributed by atoms with Gasteiger partial charge >= 0.3 is 11.5 Å². The molecule has 12 rings (SSSR count). The molecule has 0 amide bonds. The van der Waals surface area contributed by atoms with E-state index in [0.717, 1.165) is 103 Å². The van der Waals surface area contributed by atoms with Crippen LogP contribution in [0.2, 0.25) is 20.1 Å². The topological polar surface area (TPSA) is 195 Å². The van der Waals surface area contributed by atoms with Gasteiger partial charge in [0.2, 0.25) is 0 Å². The summed E-state index contributed by atoms with van der Waals surface area (Å²) in [5.74, 6) is 1.75. The Hall–Kier alpha value is -6.14. The van der Waals surface area contributed by atoms with E-state index < -0.39 is 11.5 Å². The second kappa shape index (κ2) is 20.2. The van der Waals surface area contributed by atoms with Gasteiger partial charge in [0.1, 0.15) is 22.9 Å². The number of aromatic amines is 2. The Morgan fingerprint density at radius 3 is 1.58 bits per heavy atom. The van der Waals surface area contributed by atoms with Gasteiger partial charge < -0.3 is 28.3 Å². The maximum absolute atomic E-state index is 11.5. The molecule has 2 unspecified atom stereocenters. The number of benzene rings is 4. The van der Waals surface area contributed by atoms with E-state index in [1.165, 1.54) is 0 Å². The van der Waals surface area contributed by atoms with E-state index >= 15 is 0 Å². The number of H-pyrrole nitrogens is 2. The van der Waals surface area contributed by atoms with Crippen LogP contribution in [0.3, 0.4) is 0 Å². The van der Waals surface area contributed by atoms with Crippen LogP contribution >= 0.6 is 46.4 Å². The SMILES string of the molecule is C[C@@H]1CN(c2ccc(-c3noc(=O)[nH]3)cc2)CC[C@H]1OCc1c(-c2c(Cl)cccc2Cl)noc1C1CC1c1ccc(Cl)c(-c2noc(C3CC3)c2CO[C@H]2CCN(c3ccc(-c4noc(=O)[nH]4)cc3)C[C@@H]2C)c1Cl. The molecular weight excluding hydrogens is 1030 g/mol. The predicted octanol–water partition coefficient (Wildman–Crippen LogP) is 12.3. The van der Waals surface area contributed by atoms with Crippen LogP contribution in [0.25, 0.3) is 45.3 Å². The first-order valence-corrected chi connectivity index (χ1v) is 26.4. The fourth-order valence-corrected chi connectivity index (χ4v) is 12.1. The third-order valence-corrected chi connectivity index (χ3v) is 16.5. The average Bonchev–Trinajstić information content (AvgIpc) is 4.18. The van der Waals surface area contributed by atoms with Crippen molar-refractivity contribution in [2.75, 3.05) is 36.0 Å². The number of hydrogen-bond acceptors (Lipinski definition) is 14. The van der Waals surface area contributed by atoms with Crippen LogP contribution in [0.15, 0.2) is 107 Å². The first kappa shape index (κ1) is 48.8. The van der Waals surface area contributed by atoms with Gasteiger partial charge in [-0.25, -0.2) is 9.59 Å². The van der Waals surface area contributed by atoms with Gasteiger partial charge in [-0.3, -0.25) is 19.0 Å². The zero-order chi connectivity index (χ0) is 50.8. The highest BCUT2D eigenvalue weighted by Crippen LogP contribution is 2.60. The summed E-state index contributed by atoms with van der Waals surface area (Å²) in [5, 5.41) is 18.8. The minimum atomic E-state index is -0.591. The van der Waals surface area contributed by atoms with Gasteiger partial charge in [0.15, 0.2) is 11.6 Å². The number of ether oxygens (including phenoxy) is 2. The molecule has 4 fully saturated rings. The Labute approximate surface area is 444 Å². The quantitative estimate of drug-likeness (QED) is 0.0984. The maximum atomic E-state index is 11.5. The standard InChI is InChI=1S/C54H50Cl4N8O8/c1-27-23-65(32-12-8-30(9-13-32)51-59-53(67)73-63-51)20-18-42(27)69-25-37-48(62-71-49(37)29-6-7-29)45-41(57)17-16-34(46(45)58)35-22-36(35)50-38(47(61-72-50)44-39(55)4-3-5-40(44)56)26-70-43-19-21-66(24-28(43)2)33-14-10-31(11-15-33)52-60-54(68)74-64-52/h3-5,8-17,27-29,35-36,42-43H,6-7,18-26H2,1-2H3,(H,59,63,67)(H,60,64,68)/t27-,28+,35?,36?,42-,43+/m0/s1. The minimum Gasteiger partial charge on any atom is -0.373 e. The molecule has 4 aliphatic rings. The molecule has 0 spiro atoms. The lowest BCUT2D eigenvalue weighted by atomic mass is 9.95. The third kappa shape index (κ3) is 9.60. The van der Waals surface area contributed by atoms with Gasteiger partial charge in [0, 0.05) is 82.8 Å². The van der Waals surface area contributed by atoms with Crippen LogP contribution in [0.1, 0.15) is 91.9 Å². The van der Waals surface area contributed by atoms with E-state index in [1.54, 1.807) is 18.2 Å². The lowest BCUT2D eigenvalue weighted by Crippen LogP contribution is -2.43. The van der Waals surface area contributed by atoms with Gasteiger partial charge in [-0.2, -0.15) is 0 Å². The van der Waals surface area contributed by atoms with Crippen LogP contribution in [-0.2, 0) is 22.7 Å². The number of nitrogens with zero attached hydrogens (tertiary/aromatic N) is 6. The molecular formula is C54H50Cl4N8O8. The first-order chi connectivity index (χ1) is 35.9. The Morgan fingerprint density at radius 2 is 1.08 bits per heavy atom. The van der Waals surface area contributed by atoms with Crippen molar-refractivity contribution in [3.8, 4) is 45.3 Å². The smallest absolute Gasteiger partial charge is 0.373 e. The van der Waals surface area contributed by atoms with Crippen molar-refractivity contribution in [2.45, 2.75) is 89.1 Å². The number of piperidine rings is 2. The maximum Gasteiger partial charge on any atom is 0.439 e. The highest BCUT2D eigenvalue weighted by atomic mass is 35.5. The molecule has 4 aromatic heterocycles. The van der Waals surface area contributed by atoms with Crippen LogP contribution in [-0.4, -0.2) is 69.0 Å². The molecule has 6 heterocycles. The van der Waals surface area contributed by atoms with Crippen molar-refractivity contribution in [1.29, 1.82) is 0 Å². The van der Waals surface area contributed by atoms with E-state index in [2.05, 4.69) is 63.3 Å². The van der Waals surface area contributed by atoms with E-state index in [-0.39, 0.29) is 48.4 Å². The fraction of sp³-hybridized carbons (Fsp3) is 0.370. The van der Waals surface area contributed by atoms with Crippen LogP contribution in [0.5, 0.6) is 0 Å². The second-order valence-electron chi connectivity index (χ2n) is 20.0. The summed E-state index contributed by atoms with van der Waals surface area (Å²) >= 11 is 28.2. The van der Waals surface area contributed by atoms with Gasteiger partial charge in [-0.05, 0) is 122 Å². The molecule has 4 aromatic carbocycles. The molecule has 2 N–H and O–H groups in total. The average molecular weight is 1080 g/mol. The van der Waals surface area contributed by atoms with Gasteiger partial charge in [-0.15, -0.1) is 0 Å².